The first-order valence-electron chi connectivity index (χ1n) is 9.23. The van der Waals surface area contributed by atoms with Crippen molar-refractivity contribution in [2.45, 2.75) is 39.4 Å². The van der Waals surface area contributed by atoms with Crippen LogP contribution in [0, 0.1) is 0 Å². The van der Waals surface area contributed by atoms with Gasteiger partial charge in [0, 0.05) is 44.6 Å². The van der Waals surface area contributed by atoms with Crippen LogP contribution in [0.2, 0.25) is 0 Å². The second-order valence-electron chi connectivity index (χ2n) is 6.87. The molecule has 0 radical (unpaired) electrons. The largest absolute Gasteiger partial charge is 0.346 e. The van der Waals surface area contributed by atoms with Crippen molar-refractivity contribution in [2.24, 2.45) is 0 Å². The molecule has 27 heavy (non-hydrogen) atoms. The highest BCUT2D eigenvalue weighted by Gasteiger charge is 2.21. The van der Waals surface area contributed by atoms with E-state index in [0.717, 1.165) is 36.5 Å². The van der Waals surface area contributed by atoms with Gasteiger partial charge < -0.3 is 15.1 Å². The number of urea groups is 1. The van der Waals surface area contributed by atoms with Crippen molar-refractivity contribution in [3.05, 3.63) is 47.0 Å². The summed E-state index contributed by atoms with van der Waals surface area (Å²) >= 11 is 0. The molecular weight excluding hydrogens is 344 g/mol. The zero-order valence-corrected chi connectivity index (χ0v) is 16.1. The van der Waals surface area contributed by atoms with Crippen LogP contribution in [-0.4, -0.2) is 57.1 Å². The molecule has 1 aliphatic heterocycles. The normalized spacial score (nSPS) is 13.7. The van der Waals surface area contributed by atoms with Gasteiger partial charge in [-0.15, -0.1) is 0 Å². The molecule has 0 spiro atoms. The van der Waals surface area contributed by atoms with Gasteiger partial charge in [-0.3, -0.25) is 14.5 Å². The Kier molecular flexibility index (Phi) is 5.73. The van der Waals surface area contributed by atoms with Gasteiger partial charge >= 0.3 is 6.03 Å². The zero-order valence-electron chi connectivity index (χ0n) is 16.1. The maximum absolute atomic E-state index is 12.4. The summed E-state index contributed by atoms with van der Waals surface area (Å²) in [6, 6.07) is 5.49. The van der Waals surface area contributed by atoms with E-state index < -0.39 is 0 Å². The van der Waals surface area contributed by atoms with E-state index in [9.17, 15) is 9.59 Å². The molecule has 1 aliphatic rings. The highest BCUT2D eigenvalue weighted by molar-refractivity contribution is 5.94. The second-order valence-corrected chi connectivity index (χ2v) is 6.87. The Labute approximate surface area is 159 Å². The minimum absolute atomic E-state index is 0.00363. The highest BCUT2D eigenvalue weighted by Crippen LogP contribution is 2.15. The van der Waals surface area contributed by atoms with E-state index in [1.165, 1.54) is 0 Å². The van der Waals surface area contributed by atoms with Crippen molar-refractivity contribution in [1.29, 1.82) is 0 Å². The summed E-state index contributed by atoms with van der Waals surface area (Å²) in [6.07, 6.45) is 3.30. The van der Waals surface area contributed by atoms with Gasteiger partial charge in [-0.05, 0) is 31.0 Å². The highest BCUT2D eigenvalue weighted by atomic mass is 16.2. The summed E-state index contributed by atoms with van der Waals surface area (Å²) in [5.74, 6) is -0.139. The van der Waals surface area contributed by atoms with Gasteiger partial charge in [0.15, 0.2) is 0 Å². The van der Waals surface area contributed by atoms with E-state index in [-0.39, 0.29) is 11.9 Å². The lowest BCUT2D eigenvalue weighted by Gasteiger charge is -2.23. The quantitative estimate of drug-likeness (QED) is 0.887. The van der Waals surface area contributed by atoms with Crippen LogP contribution in [0.4, 0.5) is 4.79 Å². The molecule has 0 saturated carbocycles. The molecule has 8 heteroatoms. The molecule has 0 bridgehead atoms. The number of nitrogens with zero attached hydrogens (tertiary/aromatic N) is 5. The van der Waals surface area contributed by atoms with E-state index in [4.69, 9.17) is 0 Å². The van der Waals surface area contributed by atoms with Crippen LogP contribution in [0.1, 0.15) is 40.8 Å². The Morgan fingerprint density at radius 3 is 2.78 bits per heavy atom. The fourth-order valence-corrected chi connectivity index (χ4v) is 3.14. The summed E-state index contributed by atoms with van der Waals surface area (Å²) < 4.78 is 1.94. The second kappa shape index (κ2) is 8.20. The number of amides is 3. The number of carbonyl (C=O) groups excluding carboxylic acids is 2. The smallest absolute Gasteiger partial charge is 0.319 e. The molecular formula is C19H26N6O2. The van der Waals surface area contributed by atoms with Crippen molar-refractivity contribution in [2.75, 3.05) is 20.6 Å². The molecule has 0 saturated heterocycles. The molecule has 0 aliphatic carbocycles. The van der Waals surface area contributed by atoms with Crippen LogP contribution < -0.4 is 5.32 Å². The van der Waals surface area contributed by atoms with Crippen molar-refractivity contribution in [3.63, 3.8) is 0 Å². The SMILES string of the molecule is CCc1cc(C(=O)NCc2cc3n(n2)CCCN(C(=O)N(C)C)C3)ccn1. The maximum atomic E-state index is 12.4. The average molecular weight is 370 g/mol. The zero-order chi connectivity index (χ0) is 19.4. The van der Waals surface area contributed by atoms with Gasteiger partial charge in [-0.25, -0.2) is 4.79 Å². The maximum Gasteiger partial charge on any atom is 0.319 e. The Bertz CT molecular complexity index is 829. The molecule has 2 aromatic heterocycles. The van der Waals surface area contributed by atoms with Crippen LogP contribution >= 0.6 is 0 Å². The Balaban J connectivity index is 1.65. The third-order valence-corrected chi connectivity index (χ3v) is 4.59. The topological polar surface area (TPSA) is 83.4 Å². The summed E-state index contributed by atoms with van der Waals surface area (Å²) in [5, 5.41) is 7.50. The van der Waals surface area contributed by atoms with Crippen molar-refractivity contribution >= 4 is 11.9 Å². The summed E-state index contributed by atoms with van der Waals surface area (Å²) in [7, 11) is 3.52. The predicted octanol–water partition coefficient (Wildman–Crippen LogP) is 1.66. The molecule has 3 rings (SSSR count). The van der Waals surface area contributed by atoms with Crippen molar-refractivity contribution < 1.29 is 9.59 Å². The minimum Gasteiger partial charge on any atom is -0.346 e. The number of pyridine rings is 1. The van der Waals surface area contributed by atoms with Gasteiger partial charge in [-0.1, -0.05) is 6.92 Å². The van der Waals surface area contributed by atoms with Gasteiger partial charge in [0.2, 0.25) is 0 Å². The van der Waals surface area contributed by atoms with Crippen LogP contribution in [0.5, 0.6) is 0 Å². The van der Waals surface area contributed by atoms with E-state index in [1.807, 2.05) is 28.6 Å². The van der Waals surface area contributed by atoms with Gasteiger partial charge in [0.25, 0.3) is 5.91 Å². The van der Waals surface area contributed by atoms with Gasteiger partial charge in [-0.2, -0.15) is 5.10 Å². The number of hydrogen-bond donors (Lipinski definition) is 1. The molecule has 3 heterocycles. The summed E-state index contributed by atoms with van der Waals surface area (Å²) in [4.78, 5) is 32.2. The Hall–Kier alpha value is -2.90. The number of hydrogen-bond acceptors (Lipinski definition) is 4. The molecule has 0 unspecified atom stereocenters. The standard InChI is InChI=1S/C19H26N6O2/c1-4-15-10-14(6-7-20-15)18(26)21-12-16-11-17-13-24(19(27)23(2)3)8-5-9-25(17)22-16/h6-7,10-11H,4-5,8-9,12-13H2,1-3H3,(H,21,26). The number of rotatable bonds is 4. The number of aromatic nitrogens is 3. The number of carbonyl (C=O) groups is 2. The third kappa shape index (κ3) is 4.45. The molecule has 0 aromatic carbocycles. The first kappa shape index (κ1) is 18.9. The van der Waals surface area contributed by atoms with E-state index in [1.54, 1.807) is 31.3 Å². The molecule has 144 valence electrons. The molecule has 3 amide bonds. The fraction of sp³-hybridized carbons (Fsp3) is 0.474. The predicted molar refractivity (Wildman–Crippen MR) is 101 cm³/mol. The number of nitrogens with one attached hydrogen (secondary N) is 1. The molecule has 0 atom stereocenters. The van der Waals surface area contributed by atoms with E-state index in [0.29, 0.717) is 25.2 Å². The molecule has 8 nitrogen and oxygen atoms in total. The Morgan fingerprint density at radius 1 is 1.22 bits per heavy atom. The molecule has 2 aromatic rings. The number of fused-ring (bicyclic) bond motifs is 1. The lowest BCUT2D eigenvalue weighted by atomic mass is 10.2. The summed E-state index contributed by atoms with van der Waals surface area (Å²) in [6.45, 7) is 4.37. The lowest BCUT2D eigenvalue weighted by molar-refractivity contribution is 0.0950. The monoisotopic (exact) mass is 370 g/mol. The average Bonchev–Trinajstić information content (AvgIpc) is 2.95. The fourth-order valence-electron chi connectivity index (χ4n) is 3.14. The minimum atomic E-state index is -0.139. The van der Waals surface area contributed by atoms with Crippen molar-refractivity contribution in [3.8, 4) is 0 Å². The van der Waals surface area contributed by atoms with Crippen LogP contribution in [-0.2, 0) is 26.1 Å². The van der Waals surface area contributed by atoms with Gasteiger partial charge in [0.05, 0.1) is 24.5 Å². The summed E-state index contributed by atoms with van der Waals surface area (Å²) in [5.41, 5.74) is 3.28. The number of aryl methyl sites for hydroxylation is 2. The van der Waals surface area contributed by atoms with Crippen LogP contribution in [0.25, 0.3) is 0 Å². The van der Waals surface area contributed by atoms with E-state index >= 15 is 0 Å². The first-order chi connectivity index (χ1) is 13.0. The molecule has 0 fully saturated rings. The Morgan fingerprint density at radius 2 is 2.04 bits per heavy atom. The first-order valence-corrected chi connectivity index (χ1v) is 9.23. The van der Waals surface area contributed by atoms with Crippen molar-refractivity contribution in [1.82, 2.24) is 29.9 Å². The van der Waals surface area contributed by atoms with E-state index in [2.05, 4.69) is 15.4 Å². The van der Waals surface area contributed by atoms with Crippen LogP contribution in [0.15, 0.2) is 24.4 Å². The van der Waals surface area contributed by atoms with Gasteiger partial charge in [0.1, 0.15) is 0 Å². The van der Waals surface area contributed by atoms with Crippen LogP contribution in [0.3, 0.4) is 0 Å². The lowest BCUT2D eigenvalue weighted by Crippen LogP contribution is -2.38. The molecule has 1 N–H and O–H groups in total. The third-order valence-electron chi connectivity index (χ3n) is 4.59.